The minimum Gasteiger partial charge on any atom is -0.319 e. The van der Waals surface area contributed by atoms with E-state index in [9.17, 15) is 14.4 Å². The molecule has 0 aliphatic rings. The van der Waals surface area contributed by atoms with Crippen LogP contribution in [0.4, 0.5) is 5.69 Å². The van der Waals surface area contributed by atoms with E-state index in [0.717, 1.165) is 15.3 Å². The normalized spacial score (nSPS) is 10.6. The van der Waals surface area contributed by atoms with Crippen LogP contribution in [0.15, 0.2) is 27.9 Å². The van der Waals surface area contributed by atoms with E-state index in [1.54, 1.807) is 0 Å². The molecule has 2 rings (SSSR count). The van der Waals surface area contributed by atoms with E-state index in [4.69, 9.17) is 34.8 Å². The fraction of sp³-hybridized carbons (Fsp3) is 0.154. The van der Waals surface area contributed by atoms with Crippen LogP contribution in [0.3, 0.4) is 0 Å². The second kappa shape index (κ2) is 6.16. The van der Waals surface area contributed by atoms with Gasteiger partial charge in [0.25, 0.3) is 11.5 Å². The molecular weight excluding hydrogens is 353 g/mol. The first kappa shape index (κ1) is 16.6. The van der Waals surface area contributed by atoms with Gasteiger partial charge in [-0.1, -0.05) is 34.8 Å². The summed E-state index contributed by atoms with van der Waals surface area (Å²) in [6, 6.07) is 2.81. The van der Waals surface area contributed by atoms with Gasteiger partial charge in [-0.15, -0.1) is 0 Å². The van der Waals surface area contributed by atoms with Crippen LogP contribution in [0.25, 0.3) is 0 Å². The molecule has 0 saturated carbocycles. The molecule has 0 unspecified atom stereocenters. The van der Waals surface area contributed by atoms with Crippen molar-refractivity contribution in [1.29, 1.82) is 0 Å². The molecule has 1 N–H and O–H groups in total. The van der Waals surface area contributed by atoms with Crippen molar-refractivity contribution >= 4 is 46.4 Å². The Kier molecular flexibility index (Phi) is 4.65. The van der Waals surface area contributed by atoms with Crippen LogP contribution in [0.2, 0.25) is 15.1 Å². The fourth-order valence-electron chi connectivity index (χ4n) is 1.81. The van der Waals surface area contributed by atoms with Crippen molar-refractivity contribution in [1.82, 2.24) is 9.13 Å². The molecule has 2 aromatic rings. The van der Waals surface area contributed by atoms with Gasteiger partial charge in [0.2, 0.25) is 0 Å². The third kappa shape index (κ3) is 3.04. The molecule has 1 aromatic carbocycles. The number of amides is 1. The largest absolute Gasteiger partial charge is 0.330 e. The van der Waals surface area contributed by atoms with Crippen molar-refractivity contribution < 1.29 is 4.79 Å². The number of benzene rings is 1. The summed E-state index contributed by atoms with van der Waals surface area (Å²) in [7, 11) is 2.71. The number of carbonyl (C=O) groups is 1. The number of rotatable bonds is 2. The Hall–Kier alpha value is -1.76. The van der Waals surface area contributed by atoms with E-state index in [0.29, 0.717) is 5.02 Å². The third-order valence-corrected chi connectivity index (χ3v) is 3.75. The zero-order valence-electron chi connectivity index (χ0n) is 11.5. The topological polar surface area (TPSA) is 73.1 Å². The van der Waals surface area contributed by atoms with Gasteiger partial charge in [0.05, 0.1) is 15.7 Å². The van der Waals surface area contributed by atoms with E-state index in [2.05, 4.69) is 5.32 Å². The van der Waals surface area contributed by atoms with Crippen LogP contribution < -0.4 is 16.6 Å². The summed E-state index contributed by atoms with van der Waals surface area (Å²) in [5, 5.41) is 3.02. The highest BCUT2D eigenvalue weighted by Crippen LogP contribution is 2.33. The average Bonchev–Trinajstić information content (AvgIpc) is 2.44. The molecule has 0 saturated heterocycles. The van der Waals surface area contributed by atoms with Gasteiger partial charge < -0.3 is 9.88 Å². The number of hydrogen-bond acceptors (Lipinski definition) is 3. The first-order valence-electron chi connectivity index (χ1n) is 5.95. The number of nitrogens with one attached hydrogen (secondary N) is 1. The summed E-state index contributed by atoms with van der Waals surface area (Å²) in [5.74, 6) is -0.734. The minimum absolute atomic E-state index is 0.132. The minimum atomic E-state index is -0.734. The van der Waals surface area contributed by atoms with Gasteiger partial charge in [0.1, 0.15) is 5.56 Å². The van der Waals surface area contributed by atoms with Gasteiger partial charge in [-0.05, 0) is 12.1 Å². The molecule has 0 bridgehead atoms. The van der Waals surface area contributed by atoms with Crippen molar-refractivity contribution in [3.63, 3.8) is 0 Å². The number of aromatic nitrogens is 2. The number of nitrogens with zero attached hydrogens (tertiary/aromatic N) is 2. The number of halogens is 3. The molecule has 0 fully saturated rings. The number of carbonyl (C=O) groups excluding carboxylic acids is 1. The molecule has 9 heteroatoms. The van der Waals surface area contributed by atoms with Crippen LogP contribution in [0.5, 0.6) is 0 Å². The van der Waals surface area contributed by atoms with Crippen LogP contribution in [0.1, 0.15) is 10.4 Å². The number of hydrogen-bond donors (Lipinski definition) is 1. The van der Waals surface area contributed by atoms with E-state index in [1.807, 2.05) is 0 Å². The van der Waals surface area contributed by atoms with Crippen molar-refractivity contribution in [3.05, 3.63) is 59.8 Å². The smallest absolute Gasteiger partial charge is 0.319 e. The molecule has 22 heavy (non-hydrogen) atoms. The number of aryl methyl sites for hydroxylation is 1. The van der Waals surface area contributed by atoms with Crippen LogP contribution >= 0.6 is 34.8 Å². The molecule has 0 aliphatic heterocycles. The standard InChI is InChI=1S/C13H10Cl3N3O3/c1-18-5-7(12(21)19(2)13(18)22)11(20)17-10-8(15)3-6(14)4-9(10)16/h3-5H,1-2H3,(H,17,20). The monoisotopic (exact) mass is 361 g/mol. The molecule has 1 aromatic heterocycles. The summed E-state index contributed by atoms with van der Waals surface area (Å²) in [6.07, 6.45) is 1.15. The maximum absolute atomic E-state index is 12.2. The van der Waals surface area contributed by atoms with Crippen molar-refractivity contribution in [3.8, 4) is 0 Å². The summed E-state index contributed by atoms with van der Waals surface area (Å²) in [5.41, 5.74) is -1.34. The Bertz CT molecular complexity index is 863. The first-order valence-corrected chi connectivity index (χ1v) is 7.08. The highest BCUT2D eigenvalue weighted by Gasteiger charge is 2.17. The lowest BCUT2D eigenvalue weighted by atomic mass is 10.2. The Morgan fingerprint density at radius 3 is 2.18 bits per heavy atom. The summed E-state index contributed by atoms with van der Waals surface area (Å²) in [6.45, 7) is 0. The lowest BCUT2D eigenvalue weighted by molar-refractivity contribution is 0.102. The van der Waals surface area contributed by atoms with Crippen LogP contribution in [-0.4, -0.2) is 15.0 Å². The molecule has 6 nitrogen and oxygen atoms in total. The van der Waals surface area contributed by atoms with Gasteiger partial charge in [0, 0.05) is 25.3 Å². The zero-order chi connectivity index (χ0) is 16.6. The van der Waals surface area contributed by atoms with E-state index >= 15 is 0 Å². The first-order chi connectivity index (χ1) is 10.2. The lowest BCUT2D eigenvalue weighted by Gasteiger charge is -2.11. The van der Waals surface area contributed by atoms with E-state index in [1.165, 1.54) is 26.2 Å². The lowest BCUT2D eigenvalue weighted by Crippen LogP contribution is -2.40. The van der Waals surface area contributed by atoms with Crippen molar-refractivity contribution in [2.75, 3.05) is 5.32 Å². The van der Waals surface area contributed by atoms with Gasteiger partial charge in [-0.25, -0.2) is 4.79 Å². The maximum atomic E-state index is 12.2. The molecule has 1 heterocycles. The SMILES string of the molecule is Cn1cc(C(=O)Nc2c(Cl)cc(Cl)cc2Cl)c(=O)n(C)c1=O. The Labute approximate surface area is 139 Å². The predicted octanol–water partition coefficient (Wildman–Crippen LogP) is 2.30. The molecule has 0 spiro atoms. The Morgan fingerprint density at radius 1 is 1.09 bits per heavy atom. The van der Waals surface area contributed by atoms with E-state index < -0.39 is 17.2 Å². The second-order valence-electron chi connectivity index (χ2n) is 4.50. The van der Waals surface area contributed by atoms with Gasteiger partial charge in [-0.3, -0.25) is 14.2 Å². The summed E-state index contributed by atoms with van der Waals surface area (Å²) < 4.78 is 1.96. The van der Waals surface area contributed by atoms with Crippen molar-refractivity contribution in [2.45, 2.75) is 0 Å². The van der Waals surface area contributed by atoms with Gasteiger partial charge in [-0.2, -0.15) is 0 Å². The van der Waals surface area contributed by atoms with Crippen LogP contribution in [0, 0.1) is 0 Å². The van der Waals surface area contributed by atoms with Gasteiger partial charge in [0.15, 0.2) is 0 Å². The quantitative estimate of drug-likeness (QED) is 0.891. The molecular formula is C13H10Cl3N3O3. The summed E-state index contributed by atoms with van der Waals surface area (Å²) >= 11 is 17.7. The molecule has 1 amide bonds. The van der Waals surface area contributed by atoms with Crippen molar-refractivity contribution in [2.24, 2.45) is 14.1 Å². The second-order valence-corrected chi connectivity index (χ2v) is 5.75. The highest BCUT2D eigenvalue weighted by atomic mass is 35.5. The average molecular weight is 363 g/mol. The van der Waals surface area contributed by atoms with Crippen LogP contribution in [-0.2, 0) is 14.1 Å². The Morgan fingerprint density at radius 2 is 1.64 bits per heavy atom. The number of anilines is 1. The van der Waals surface area contributed by atoms with Gasteiger partial charge >= 0.3 is 5.69 Å². The molecule has 116 valence electrons. The maximum Gasteiger partial charge on any atom is 0.330 e. The summed E-state index contributed by atoms with van der Waals surface area (Å²) in [4.78, 5) is 35.9. The zero-order valence-corrected chi connectivity index (χ0v) is 13.8. The Balaban J connectivity index is 2.48. The van der Waals surface area contributed by atoms with E-state index in [-0.39, 0.29) is 21.3 Å². The molecule has 0 radical (unpaired) electrons. The molecule has 0 aliphatic carbocycles. The fourth-order valence-corrected chi connectivity index (χ4v) is 2.72. The molecule has 0 atom stereocenters. The predicted molar refractivity (Wildman–Crippen MR) is 86.3 cm³/mol. The highest BCUT2D eigenvalue weighted by molar-refractivity contribution is 6.42. The third-order valence-electron chi connectivity index (χ3n) is 2.94.